The molecule has 0 atom stereocenters. The highest BCUT2D eigenvalue weighted by molar-refractivity contribution is 9.10. The lowest BCUT2D eigenvalue weighted by atomic mass is 10.2. The van der Waals surface area contributed by atoms with Gasteiger partial charge in [0.2, 0.25) is 0 Å². The van der Waals surface area contributed by atoms with E-state index in [0.717, 1.165) is 4.47 Å². The maximum atomic E-state index is 12.5. The first-order valence-electron chi connectivity index (χ1n) is 9.79. The van der Waals surface area contributed by atoms with Crippen molar-refractivity contribution in [2.45, 2.75) is 6.92 Å². The van der Waals surface area contributed by atoms with Crippen LogP contribution in [0.5, 0.6) is 17.2 Å². The molecule has 0 aromatic heterocycles. The first kappa shape index (κ1) is 23.0. The Morgan fingerprint density at radius 1 is 0.969 bits per heavy atom. The van der Waals surface area contributed by atoms with E-state index >= 15 is 0 Å². The predicted molar refractivity (Wildman–Crippen MR) is 124 cm³/mol. The lowest BCUT2D eigenvalue weighted by molar-refractivity contribution is -0.123. The summed E-state index contributed by atoms with van der Waals surface area (Å²) in [6, 6.07) is 20.8. The predicted octanol–water partition coefficient (Wildman–Crippen LogP) is 4.60. The summed E-state index contributed by atoms with van der Waals surface area (Å²) in [6.45, 7) is 2.25. The zero-order chi connectivity index (χ0) is 22.8. The summed E-state index contributed by atoms with van der Waals surface area (Å²) < 4.78 is 17.0. The molecule has 8 heteroatoms. The van der Waals surface area contributed by atoms with E-state index in [1.165, 1.54) is 6.21 Å². The topological polar surface area (TPSA) is 86.2 Å². The van der Waals surface area contributed by atoms with Crippen LogP contribution in [0.2, 0.25) is 0 Å². The molecular formula is C24H21BrN2O5. The summed E-state index contributed by atoms with van der Waals surface area (Å²) >= 11 is 3.38. The number of hydrogen-bond acceptors (Lipinski definition) is 6. The molecule has 0 saturated heterocycles. The molecule has 3 aromatic carbocycles. The van der Waals surface area contributed by atoms with Gasteiger partial charge in [-0.2, -0.15) is 5.10 Å². The fourth-order valence-electron chi connectivity index (χ4n) is 2.60. The van der Waals surface area contributed by atoms with E-state index in [2.05, 4.69) is 26.5 Å². The molecule has 3 rings (SSSR count). The highest BCUT2D eigenvalue weighted by Crippen LogP contribution is 2.23. The molecule has 0 aliphatic heterocycles. The van der Waals surface area contributed by atoms with Crippen molar-refractivity contribution < 1.29 is 23.8 Å². The van der Waals surface area contributed by atoms with Gasteiger partial charge in [0.15, 0.2) is 6.61 Å². The fraction of sp³-hybridized carbons (Fsp3) is 0.125. The Balaban J connectivity index is 1.61. The summed E-state index contributed by atoms with van der Waals surface area (Å²) in [4.78, 5) is 24.5. The van der Waals surface area contributed by atoms with Crippen LogP contribution < -0.4 is 19.6 Å². The number of esters is 1. The fourth-order valence-corrected chi connectivity index (χ4v) is 2.98. The van der Waals surface area contributed by atoms with Crippen LogP contribution in [-0.4, -0.2) is 31.3 Å². The Bertz CT molecular complexity index is 1090. The molecule has 0 aliphatic carbocycles. The Kier molecular flexibility index (Phi) is 8.39. The molecule has 3 aromatic rings. The van der Waals surface area contributed by atoms with Gasteiger partial charge in [-0.25, -0.2) is 10.2 Å². The van der Waals surface area contributed by atoms with Gasteiger partial charge in [0.25, 0.3) is 5.91 Å². The Hall–Kier alpha value is -3.65. The Labute approximate surface area is 194 Å². The third-order valence-electron chi connectivity index (χ3n) is 4.08. The molecule has 0 fully saturated rings. The normalized spacial score (nSPS) is 10.6. The van der Waals surface area contributed by atoms with Crippen molar-refractivity contribution in [1.82, 2.24) is 5.43 Å². The van der Waals surface area contributed by atoms with Crippen LogP contribution in [0.25, 0.3) is 0 Å². The Morgan fingerprint density at radius 2 is 1.69 bits per heavy atom. The van der Waals surface area contributed by atoms with Crippen LogP contribution in [0.4, 0.5) is 0 Å². The zero-order valence-electron chi connectivity index (χ0n) is 17.3. The van der Waals surface area contributed by atoms with Crippen molar-refractivity contribution in [2.75, 3.05) is 13.2 Å². The number of para-hydroxylation sites is 1. The van der Waals surface area contributed by atoms with Gasteiger partial charge in [-0.3, -0.25) is 4.79 Å². The average molecular weight is 497 g/mol. The number of benzene rings is 3. The number of ether oxygens (including phenoxy) is 3. The average Bonchev–Trinajstić information content (AvgIpc) is 2.81. The van der Waals surface area contributed by atoms with Gasteiger partial charge in [0, 0.05) is 10.0 Å². The van der Waals surface area contributed by atoms with E-state index in [-0.39, 0.29) is 6.61 Å². The number of carbonyl (C=O) groups is 2. The van der Waals surface area contributed by atoms with E-state index in [1.54, 1.807) is 54.6 Å². The third-order valence-corrected chi connectivity index (χ3v) is 4.57. The molecular weight excluding hydrogens is 476 g/mol. The first-order valence-corrected chi connectivity index (χ1v) is 10.6. The van der Waals surface area contributed by atoms with E-state index in [0.29, 0.717) is 35.0 Å². The smallest absolute Gasteiger partial charge is 0.343 e. The lowest BCUT2D eigenvalue weighted by Crippen LogP contribution is -2.24. The van der Waals surface area contributed by atoms with Crippen LogP contribution >= 0.6 is 15.9 Å². The minimum Gasteiger partial charge on any atom is -0.494 e. The van der Waals surface area contributed by atoms with Gasteiger partial charge in [0.05, 0.1) is 18.4 Å². The minimum atomic E-state index is -0.523. The number of amides is 1. The first-order chi connectivity index (χ1) is 15.5. The molecule has 32 heavy (non-hydrogen) atoms. The van der Waals surface area contributed by atoms with Crippen LogP contribution in [0.3, 0.4) is 0 Å². The maximum absolute atomic E-state index is 12.5. The van der Waals surface area contributed by atoms with Crippen LogP contribution in [0, 0.1) is 0 Å². The summed E-state index contributed by atoms with van der Waals surface area (Å²) in [5.41, 5.74) is 3.27. The maximum Gasteiger partial charge on any atom is 0.343 e. The van der Waals surface area contributed by atoms with Crippen molar-refractivity contribution >= 4 is 34.0 Å². The molecule has 0 aliphatic rings. The summed E-state index contributed by atoms with van der Waals surface area (Å²) in [5, 5.41) is 3.93. The quantitative estimate of drug-likeness (QED) is 0.202. The van der Waals surface area contributed by atoms with Crippen molar-refractivity contribution in [3.8, 4) is 17.2 Å². The molecule has 0 radical (unpaired) electrons. The molecule has 1 N–H and O–H groups in total. The van der Waals surface area contributed by atoms with Crippen molar-refractivity contribution in [3.63, 3.8) is 0 Å². The number of nitrogens with zero attached hydrogens (tertiary/aromatic N) is 1. The molecule has 0 spiro atoms. The van der Waals surface area contributed by atoms with E-state index in [9.17, 15) is 9.59 Å². The van der Waals surface area contributed by atoms with Gasteiger partial charge in [-0.05, 0) is 61.5 Å². The number of hydrazone groups is 1. The number of carbonyl (C=O) groups excluding carboxylic acids is 2. The van der Waals surface area contributed by atoms with Gasteiger partial charge >= 0.3 is 5.97 Å². The molecule has 1 amide bonds. The largest absolute Gasteiger partial charge is 0.494 e. The number of rotatable bonds is 9. The minimum absolute atomic E-state index is 0.181. The van der Waals surface area contributed by atoms with Crippen molar-refractivity contribution in [1.29, 1.82) is 0 Å². The van der Waals surface area contributed by atoms with Gasteiger partial charge in [-0.1, -0.05) is 34.1 Å². The number of hydrogen-bond donors (Lipinski definition) is 1. The second-order valence-corrected chi connectivity index (χ2v) is 7.34. The molecule has 7 nitrogen and oxygen atoms in total. The van der Waals surface area contributed by atoms with Crippen LogP contribution in [-0.2, 0) is 4.79 Å². The summed E-state index contributed by atoms with van der Waals surface area (Å²) in [7, 11) is 0. The Morgan fingerprint density at radius 3 is 2.41 bits per heavy atom. The second-order valence-electron chi connectivity index (χ2n) is 6.42. The van der Waals surface area contributed by atoms with Crippen LogP contribution in [0.1, 0.15) is 22.8 Å². The van der Waals surface area contributed by atoms with Crippen LogP contribution in [0.15, 0.2) is 82.4 Å². The molecule has 0 saturated carbocycles. The molecule has 0 bridgehead atoms. The standard InChI is InChI=1S/C24H21BrN2O5/c1-2-30-21-11-8-17(9-12-21)24(29)32-22-13-10-19(25)14-18(22)15-26-27-23(28)16-31-20-6-4-3-5-7-20/h3-15H,2,16H2,1H3,(H,27,28). The number of nitrogens with one attached hydrogen (secondary N) is 1. The van der Waals surface area contributed by atoms with E-state index < -0.39 is 11.9 Å². The molecule has 0 heterocycles. The van der Waals surface area contributed by atoms with Crippen molar-refractivity contribution in [3.05, 3.63) is 88.4 Å². The zero-order valence-corrected chi connectivity index (χ0v) is 18.9. The lowest BCUT2D eigenvalue weighted by Gasteiger charge is -2.09. The highest BCUT2D eigenvalue weighted by atomic mass is 79.9. The summed E-state index contributed by atoms with van der Waals surface area (Å²) in [5.74, 6) is 0.610. The number of halogens is 1. The summed E-state index contributed by atoms with van der Waals surface area (Å²) in [6.07, 6.45) is 1.39. The molecule has 164 valence electrons. The van der Waals surface area contributed by atoms with Gasteiger partial charge < -0.3 is 14.2 Å². The SMILES string of the molecule is CCOc1ccc(C(=O)Oc2ccc(Br)cc2C=NNC(=O)COc2ccccc2)cc1. The van der Waals surface area contributed by atoms with Gasteiger partial charge in [0.1, 0.15) is 17.2 Å². The third kappa shape index (κ3) is 6.95. The molecule has 0 unspecified atom stereocenters. The second kappa shape index (κ2) is 11.7. The van der Waals surface area contributed by atoms with E-state index in [1.807, 2.05) is 25.1 Å². The van der Waals surface area contributed by atoms with Crippen molar-refractivity contribution in [2.24, 2.45) is 5.10 Å². The monoisotopic (exact) mass is 496 g/mol. The van der Waals surface area contributed by atoms with E-state index in [4.69, 9.17) is 14.2 Å². The van der Waals surface area contributed by atoms with Gasteiger partial charge in [-0.15, -0.1) is 0 Å². The highest BCUT2D eigenvalue weighted by Gasteiger charge is 2.12.